The summed E-state index contributed by atoms with van der Waals surface area (Å²) in [7, 11) is 0. The van der Waals surface area contributed by atoms with Crippen LogP contribution in [0.1, 0.15) is 9.67 Å². The van der Waals surface area contributed by atoms with Crippen molar-refractivity contribution in [3.8, 4) is 10.4 Å². The summed E-state index contributed by atoms with van der Waals surface area (Å²) in [5.41, 5.74) is 1.21. The first kappa shape index (κ1) is 17.3. The molecule has 0 N–H and O–H groups in total. The highest BCUT2D eigenvalue weighted by molar-refractivity contribution is 7.22. The van der Waals surface area contributed by atoms with E-state index in [0.29, 0.717) is 0 Å². The SMILES string of the molecule is O=Cc1ccc(N2CCN(c3ncnc4sc(-c5ccccc5)cc34)CC2)s1. The summed E-state index contributed by atoms with van der Waals surface area (Å²) in [5, 5.41) is 2.29. The quantitative estimate of drug-likeness (QED) is 0.465. The molecule has 0 unspecified atom stereocenters. The van der Waals surface area contributed by atoms with Crippen LogP contribution in [0, 0.1) is 0 Å². The van der Waals surface area contributed by atoms with Crippen LogP contribution in [0.15, 0.2) is 54.9 Å². The molecule has 0 saturated carbocycles. The van der Waals surface area contributed by atoms with Gasteiger partial charge in [0.05, 0.1) is 15.3 Å². The van der Waals surface area contributed by atoms with Gasteiger partial charge in [-0.1, -0.05) is 30.3 Å². The number of hydrogen-bond acceptors (Lipinski definition) is 7. The number of fused-ring (bicyclic) bond motifs is 1. The first-order valence-corrected chi connectivity index (χ1v) is 10.8. The van der Waals surface area contributed by atoms with Gasteiger partial charge in [-0.3, -0.25) is 4.79 Å². The van der Waals surface area contributed by atoms with E-state index in [9.17, 15) is 4.79 Å². The van der Waals surface area contributed by atoms with Gasteiger partial charge in [-0.2, -0.15) is 0 Å². The number of carbonyl (C=O) groups excluding carboxylic acids is 1. The second-order valence-corrected chi connectivity index (χ2v) is 8.79. The third-order valence-corrected chi connectivity index (χ3v) is 7.15. The van der Waals surface area contributed by atoms with E-state index in [-0.39, 0.29) is 0 Å². The van der Waals surface area contributed by atoms with Crippen molar-refractivity contribution in [2.24, 2.45) is 0 Å². The summed E-state index contributed by atoms with van der Waals surface area (Å²) in [6.45, 7) is 3.63. The predicted molar refractivity (Wildman–Crippen MR) is 117 cm³/mol. The van der Waals surface area contributed by atoms with Crippen molar-refractivity contribution < 1.29 is 4.79 Å². The molecule has 1 aliphatic rings. The predicted octanol–water partition coefficient (Wildman–Crippen LogP) is 4.56. The van der Waals surface area contributed by atoms with Crippen molar-refractivity contribution in [2.75, 3.05) is 36.0 Å². The fourth-order valence-corrected chi connectivity index (χ4v) is 5.43. The van der Waals surface area contributed by atoms with Crippen LogP contribution < -0.4 is 9.80 Å². The number of anilines is 2. The lowest BCUT2D eigenvalue weighted by molar-refractivity contribution is 0.112. The molecule has 1 fully saturated rings. The molecule has 28 heavy (non-hydrogen) atoms. The third kappa shape index (κ3) is 3.16. The zero-order valence-electron chi connectivity index (χ0n) is 15.1. The van der Waals surface area contributed by atoms with Crippen LogP contribution in [-0.2, 0) is 0 Å². The van der Waals surface area contributed by atoms with E-state index in [1.54, 1.807) is 29.0 Å². The summed E-state index contributed by atoms with van der Waals surface area (Å²) in [4.78, 5) is 27.8. The van der Waals surface area contributed by atoms with Gasteiger partial charge >= 0.3 is 0 Å². The summed E-state index contributed by atoms with van der Waals surface area (Å²) in [6, 6.07) is 16.6. The van der Waals surface area contributed by atoms with Crippen LogP contribution in [0.4, 0.5) is 10.8 Å². The summed E-state index contributed by atoms with van der Waals surface area (Å²) in [6.07, 6.45) is 2.59. The second kappa shape index (κ2) is 7.33. The number of aldehydes is 1. The van der Waals surface area contributed by atoms with Gasteiger partial charge in [0.1, 0.15) is 17.0 Å². The van der Waals surface area contributed by atoms with Crippen molar-refractivity contribution >= 4 is 50.0 Å². The molecular formula is C21H18N4OS2. The Kier molecular flexibility index (Phi) is 4.54. The Labute approximate surface area is 170 Å². The van der Waals surface area contributed by atoms with Gasteiger partial charge in [-0.15, -0.1) is 22.7 Å². The van der Waals surface area contributed by atoms with Crippen molar-refractivity contribution in [3.05, 3.63) is 59.7 Å². The monoisotopic (exact) mass is 406 g/mol. The molecule has 3 aromatic heterocycles. The Morgan fingerprint density at radius 2 is 1.68 bits per heavy atom. The van der Waals surface area contributed by atoms with Crippen LogP contribution >= 0.6 is 22.7 Å². The molecule has 0 radical (unpaired) electrons. The maximum Gasteiger partial charge on any atom is 0.160 e. The first-order valence-electron chi connectivity index (χ1n) is 9.17. The summed E-state index contributed by atoms with van der Waals surface area (Å²) >= 11 is 3.27. The Hall–Kier alpha value is -2.77. The Morgan fingerprint density at radius 3 is 2.43 bits per heavy atom. The Bertz CT molecular complexity index is 1110. The molecule has 5 nitrogen and oxygen atoms in total. The van der Waals surface area contributed by atoms with Crippen molar-refractivity contribution in [1.82, 2.24) is 9.97 Å². The number of aromatic nitrogens is 2. The van der Waals surface area contributed by atoms with E-state index in [0.717, 1.165) is 58.4 Å². The number of hydrogen-bond donors (Lipinski definition) is 0. The smallest absolute Gasteiger partial charge is 0.160 e. The number of nitrogens with zero attached hydrogens (tertiary/aromatic N) is 4. The fraction of sp³-hybridized carbons (Fsp3) is 0.190. The van der Waals surface area contributed by atoms with Crippen LogP contribution in [-0.4, -0.2) is 42.4 Å². The Morgan fingerprint density at radius 1 is 0.893 bits per heavy atom. The molecule has 1 aromatic carbocycles. The molecule has 4 aromatic rings. The average molecular weight is 407 g/mol. The minimum absolute atomic E-state index is 0.779. The first-order chi connectivity index (χ1) is 13.8. The summed E-state index contributed by atoms with van der Waals surface area (Å²) < 4.78 is 0. The minimum Gasteiger partial charge on any atom is -0.360 e. The lowest BCUT2D eigenvalue weighted by atomic mass is 10.2. The number of carbonyl (C=O) groups is 1. The molecule has 5 rings (SSSR count). The van der Waals surface area contributed by atoms with Crippen LogP contribution in [0.2, 0.25) is 0 Å². The van der Waals surface area contributed by atoms with Crippen LogP contribution in [0.25, 0.3) is 20.7 Å². The average Bonchev–Trinajstić information content (AvgIpc) is 3.41. The molecule has 0 amide bonds. The molecule has 0 atom stereocenters. The number of thiophene rings is 2. The van der Waals surface area contributed by atoms with Gasteiger partial charge in [-0.25, -0.2) is 9.97 Å². The standard InChI is InChI=1S/C21H18N4OS2/c26-13-16-6-7-19(27-16)24-8-10-25(11-9-24)20-17-12-18(15-4-2-1-3-5-15)28-21(17)23-14-22-20/h1-7,12-14H,8-11H2. The number of piperazine rings is 1. The van der Waals surface area contributed by atoms with Crippen molar-refractivity contribution in [1.29, 1.82) is 0 Å². The summed E-state index contributed by atoms with van der Waals surface area (Å²) in [5.74, 6) is 1.02. The largest absolute Gasteiger partial charge is 0.360 e. The van der Waals surface area contributed by atoms with Gasteiger partial charge in [0.15, 0.2) is 6.29 Å². The van der Waals surface area contributed by atoms with E-state index >= 15 is 0 Å². The minimum atomic E-state index is 0.779. The van der Waals surface area contributed by atoms with Gasteiger partial charge in [0.25, 0.3) is 0 Å². The maximum atomic E-state index is 10.9. The fourth-order valence-electron chi connectivity index (χ4n) is 3.55. The molecule has 0 aliphatic carbocycles. The molecule has 140 valence electrons. The maximum absolute atomic E-state index is 10.9. The Balaban J connectivity index is 1.39. The number of benzene rings is 1. The van der Waals surface area contributed by atoms with Gasteiger partial charge in [-0.05, 0) is 23.8 Å². The highest BCUT2D eigenvalue weighted by Crippen LogP contribution is 2.36. The van der Waals surface area contributed by atoms with E-state index in [4.69, 9.17) is 0 Å². The lowest BCUT2D eigenvalue weighted by Crippen LogP contribution is -2.46. The second-order valence-electron chi connectivity index (χ2n) is 6.66. The van der Waals surface area contributed by atoms with Gasteiger partial charge < -0.3 is 9.80 Å². The lowest BCUT2D eigenvalue weighted by Gasteiger charge is -2.36. The van der Waals surface area contributed by atoms with Gasteiger partial charge in [0.2, 0.25) is 0 Å². The molecular weight excluding hydrogens is 388 g/mol. The third-order valence-electron chi connectivity index (χ3n) is 4.99. The van der Waals surface area contributed by atoms with E-state index < -0.39 is 0 Å². The van der Waals surface area contributed by atoms with E-state index in [1.165, 1.54) is 10.4 Å². The highest BCUT2D eigenvalue weighted by Gasteiger charge is 2.22. The molecule has 1 saturated heterocycles. The van der Waals surface area contributed by atoms with Crippen LogP contribution in [0.5, 0.6) is 0 Å². The van der Waals surface area contributed by atoms with Crippen molar-refractivity contribution in [3.63, 3.8) is 0 Å². The van der Waals surface area contributed by atoms with E-state index in [1.807, 2.05) is 18.2 Å². The molecule has 0 spiro atoms. The molecule has 0 bridgehead atoms. The molecule has 7 heteroatoms. The topological polar surface area (TPSA) is 49.3 Å². The van der Waals surface area contributed by atoms with Crippen LogP contribution in [0.3, 0.4) is 0 Å². The molecule has 4 heterocycles. The molecule has 1 aliphatic heterocycles. The highest BCUT2D eigenvalue weighted by atomic mass is 32.1. The van der Waals surface area contributed by atoms with Gasteiger partial charge in [0, 0.05) is 31.1 Å². The zero-order valence-corrected chi connectivity index (χ0v) is 16.7. The van der Waals surface area contributed by atoms with Crippen molar-refractivity contribution in [2.45, 2.75) is 0 Å². The normalized spacial score (nSPS) is 14.6. The number of rotatable bonds is 4. The zero-order chi connectivity index (χ0) is 18.9. The van der Waals surface area contributed by atoms with E-state index in [2.05, 4.69) is 50.1 Å².